The number of anilines is 2. The lowest BCUT2D eigenvalue weighted by Crippen LogP contribution is -2.47. The standard InChI is InChI=1S/C26H30N4O6/c1-35-20-15-19(28-23(32)17-10-6-5-7-11-17)21(36-2)14-18(20)27-22(31)16-30-24(33)26(29-25(30)34)12-8-3-4-9-13-26/h5-7,10-11,14-15H,3-4,8-9,12-13,16H2,1-2H3,(H,27,31)(H,28,32)(H,29,34). The minimum Gasteiger partial charge on any atom is -0.494 e. The van der Waals surface area contributed by atoms with Crippen LogP contribution in [0.1, 0.15) is 48.9 Å². The molecule has 1 aliphatic carbocycles. The summed E-state index contributed by atoms with van der Waals surface area (Å²) in [4.78, 5) is 52.1. The van der Waals surface area contributed by atoms with E-state index in [1.165, 1.54) is 26.4 Å². The van der Waals surface area contributed by atoms with E-state index in [1.54, 1.807) is 24.3 Å². The van der Waals surface area contributed by atoms with E-state index in [-0.39, 0.29) is 23.3 Å². The molecule has 0 bridgehead atoms. The predicted octanol–water partition coefficient (Wildman–Crippen LogP) is 3.54. The molecule has 1 aliphatic heterocycles. The second-order valence-corrected chi connectivity index (χ2v) is 8.94. The number of nitrogens with one attached hydrogen (secondary N) is 3. The number of imide groups is 1. The molecule has 10 nitrogen and oxygen atoms in total. The molecule has 4 rings (SSSR count). The molecule has 2 aromatic carbocycles. The predicted molar refractivity (Wildman–Crippen MR) is 133 cm³/mol. The third-order valence-corrected chi connectivity index (χ3v) is 6.58. The molecule has 1 heterocycles. The highest BCUT2D eigenvalue weighted by Crippen LogP contribution is 2.37. The number of methoxy groups -OCH3 is 2. The van der Waals surface area contributed by atoms with E-state index in [1.807, 2.05) is 6.07 Å². The van der Waals surface area contributed by atoms with Gasteiger partial charge in [0.2, 0.25) is 5.91 Å². The average molecular weight is 495 g/mol. The molecule has 0 unspecified atom stereocenters. The average Bonchev–Trinajstić information content (AvgIpc) is 3.03. The Bertz CT molecular complexity index is 1160. The highest BCUT2D eigenvalue weighted by Gasteiger charge is 2.51. The molecule has 10 heteroatoms. The Morgan fingerprint density at radius 1 is 0.917 bits per heavy atom. The number of hydrogen-bond acceptors (Lipinski definition) is 6. The normalized spacial score (nSPS) is 16.8. The summed E-state index contributed by atoms with van der Waals surface area (Å²) in [5, 5.41) is 8.30. The number of nitrogens with zero attached hydrogens (tertiary/aromatic N) is 1. The third kappa shape index (κ3) is 5.12. The highest BCUT2D eigenvalue weighted by atomic mass is 16.5. The van der Waals surface area contributed by atoms with Crippen LogP contribution in [-0.2, 0) is 9.59 Å². The van der Waals surface area contributed by atoms with Crippen LogP contribution in [0.25, 0.3) is 0 Å². The molecule has 2 fully saturated rings. The van der Waals surface area contributed by atoms with Crippen molar-refractivity contribution in [3.05, 3.63) is 48.0 Å². The molecule has 1 saturated heterocycles. The topological polar surface area (TPSA) is 126 Å². The molecule has 0 atom stereocenters. The van der Waals surface area contributed by atoms with Gasteiger partial charge >= 0.3 is 6.03 Å². The first-order valence-electron chi connectivity index (χ1n) is 11.9. The Kier molecular flexibility index (Phi) is 7.42. The number of carbonyl (C=O) groups is 4. The number of benzene rings is 2. The quantitative estimate of drug-likeness (QED) is 0.506. The molecule has 1 spiro atoms. The van der Waals surface area contributed by atoms with Crippen LogP contribution in [0.15, 0.2) is 42.5 Å². The van der Waals surface area contributed by atoms with Gasteiger partial charge in [-0.3, -0.25) is 19.3 Å². The van der Waals surface area contributed by atoms with E-state index in [9.17, 15) is 19.2 Å². The zero-order valence-electron chi connectivity index (χ0n) is 20.4. The van der Waals surface area contributed by atoms with Gasteiger partial charge in [0, 0.05) is 17.7 Å². The van der Waals surface area contributed by atoms with Crippen molar-refractivity contribution in [3.63, 3.8) is 0 Å². The van der Waals surface area contributed by atoms with Crippen LogP contribution >= 0.6 is 0 Å². The summed E-state index contributed by atoms with van der Waals surface area (Å²) >= 11 is 0. The van der Waals surface area contributed by atoms with Gasteiger partial charge in [-0.25, -0.2) is 4.79 Å². The highest BCUT2D eigenvalue weighted by molar-refractivity contribution is 6.10. The lowest BCUT2D eigenvalue weighted by molar-refractivity contribution is -0.134. The first kappa shape index (κ1) is 25.0. The Morgan fingerprint density at radius 3 is 2.08 bits per heavy atom. The van der Waals surface area contributed by atoms with Crippen molar-refractivity contribution in [1.82, 2.24) is 10.2 Å². The van der Waals surface area contributed by atoms with Gasteiger partial charge in [0.1, 0.15) is 23.6 Å². The molecular weight excluding hydrogens is 464 g/mol. The van der Waals surface area contributed by atoms with Gasteiger partial charge in [-0.2, -0.15) is 0 Å². The first-order chi connectivity index (χ1) is 17.4. The second-order valence-electron chi connectivity index (χ2n) is 8.94. The lowest BCUT2D eigenvalue weighted by atomic mass is 9.90. The molecule has 36 heavy (non-hydrogen) atoms. The fourth-order valence-electron chi connectivity index (χ4n) is 4.70. The van der Waals surface area contributed by atoms with Gasteiger partial charge in [0.05, 0.1) is 25.6 Å². The van der Waals surface area contributed by atoms with Gasteiger partial charge in [-0.15, -0.1) is 0 Å². The minimum atomic E-state index is -0.909. The fraction of sp³-hybridized carbons (Fsp3) is 0.385. The maximum atomic E-state index is 13.1. The van der Waals surface area contributed by atoms with Gasteiger partial charge in [0.25, 0.3) is 11.8 Å². The molecule has 1 saturated carbocycles. The number of ether oxygens (including phenoxy) is 2. The van der Waals surface area contributed by atoms with Crippen molar-refractivity contribution in [2.75, 3.05) is 31.4 Å². The van der Waals surface area contributed by atoms with Crippen molar-refractivity contribution in [3.8, 4) is 11.5 Å². The van der Waals surface area contributed by atoms with Crippen LogP contribution in [-0.4, -0.2) is 55.0 Å². The number of hydrogen-bond donors (Lipinski definition) is 3. The van der Waals surface area contributed by atoms with Crippen LogP contribution in [0.4, 0.5) is 16.2 Å². The van der Waals surface area contributed by atoms with E-state index < -0.39 is 24.0 Å². The summed E-state index contributed by atoms with van der Waals surface area (Å²) in [6.07, 6.45) is 4.92. The van der Waals surface area contributed by atoms with Gasteiger partial charge in [-0.1, -0.05) is 43.9 Å². The Hall–Kier alpha value is -4.08. The van der Waals surface area contributed by atoms with Crippen LogP contribution in [0.2, 0.25) is 0 Å². The summed E-state index contributed by atoms with van der Waals surface area (Å²) in [5.74, 6) is -0.690. The van der Waals surface area contributed by atoms with Gasteiger partial charge < -0.3 is 25.4 Å². The van der Waals surface area contributed by atoms with Gasteiger partial charge in [-0.05, 0) is 25.0 Å². The Labute approximate surface area is 209 Å². The van der Waals surface area contributed by atoms with Crippen LogP contribution in [0.3, 0.4) is 0 Å². The van der Waals surface area contributed by atoms with E-state index >= 15 is 0 Å². The zero-order chi connectivity index (χ0) is 25.7. The van der Waals surface area contributed by atoms with E-state index in [0.29, 0.717) is 29.8 Å². The van der Waals surface area contributed by atoms with E-state index in [2.05, 4.69) is 16.0 Å². The van der Waals surface area contributed by atoms with E-state index in [4.69, 9.17) is 9.47 Å². The molecule has 0 radical (unpaired) electrons. The van der Waals surface area contributed by atoms with Gasteiger partial charge in [0.15, 0.2) is 0 Å². The van der Waals surface area contributed by atoms with Crippen LogP contribution in [0.5, 0.6) is 11.5 Å². The van der Waals surface area contributed by atoms with Crippen molar-refractivity contribution in [2.24, 2.45) is 0 Å². The summed E-state index contributed by atoms with van der Waals surface area (Å²) in [6.45, 7) is -0.426. The molecule has 2 aliphatic rings. The second kappa shape index (κ2) is 10.7. The van der Waals surface area contributed by atoms with Crippen molar-refractivity contribution in [2.45, 2.75) is 44.1 Å². The number of urea groups is 1. The SMILES string of the molecule is COc1cc(NC(=O)c2ccccc2)c(OC)cc1NC(=O)CN1C(=O)NC2(CCCCCC2)C1=O. The largest absolute Gasteiger partial charge is 0.494 e. The number of carbonyl (C=O) groups excluding carboxylic acids is 4. The molecule has 5 amide bonds. The zero-order valence-corrected chi connectivity index (χ0v) is 20.4. The molecule has 0 aromatic heterocycles. The fourth-order valence-corrected chi connectivity index (χ4v) is 4.70. The van der Waals surface area contributed by atoms with Crippen molar-refractivity contribution in [1.29, 1.82) is 0 Å². The van der Waals surface area contributed by atoms with Crippen molar-refractivity contribution >= 4 is 35.1 Å². The van der Waals surface area contributed by atoms with E-state index in [0.717, 1.165) is 30.6 Å². The van der Waals surface area contributed by atoms with Crippen LogP contribution in [0, 0.1) is 0 Å². The lowest BCUT2D eigenvalue weighted by Gasteiger charge is -2.24. The van der Waals surface area contributed by atoms with Crippen molar-refractivity contribution < 1.29 is 28.7 Å². The number of amides is 5. The Morgan fingerprint density at radius 2 is 1.50 bits per heavy atom. The summed E-state index contributed by atoms with van der Waals surface area (Å²) in [6, 6.07) is 11.2. The third-order valence-electron chi connectivity index (χ3n) is 6.58. The summed E-state index contributed by atoms with van der Waals surface area (Å²) < 4.78 is 10.8. The Balaban J connectivity index is 1.48. The summed E-state index contributed by atoms with van der Waals surface area (Å²) in [5.41, 5.74) is 0.183. The molecule has 190 valence electrons. The minimum absolute atomic E-state index is 0.268. The molecule has 3 N–H and O–H groups in total. The maximum Gasteiger partial charge on any atom is 0.325 e. The molecular formula is C26H30N4O6. The number of rotatable bonds is 7. The molecule has 2 aromatic rings. The monoisotopic (exact) mass is 494 g/mol. The smallest absolute Gasteiger partial charge is 0.325 e. The van der Waals surface area contributed by atoms with Crippen LogP contribution < -0.4 is 25.4 Å². The summed E-state index contributed by atoms with van der Waals surface area (Å²) in [7, 11) is 2.86. The maximum absolute atomic E-state index is 13.1. The first-order valence-corrected chi connectivity index (χ1v) is 11.9.